The second-order valence-electron chi connectivity index (χ2n) is 5.91. The van der Waals surface area contributed by atoms with Crippen molar-refractivity contribution in [3.8, 4) is 0 Å². The van der Waals surface area contributed by atoms with Crippen molar-refractivity contribution in [1.82, 2.24) is 0 Å². The van der Waals surface area contributed by atoms with Crippen molar-refractivity contribution in [3.05, 3.63) is 77.4 Å². The number of ether oxygens (including phenoxy) is 2. The minimum atomic E-state index is -0.379. The molecule has 5 heteroatoms. The first-order valence-corrected chi connectivity index (χ1v) is 8.77. The summed E-state index contributed by atoms with van der Waals surface area (Å²) < 4.78 is 10.6. The molecular formula is C22H25NO4. The molecule has 0 aliphatic rings. The smallest absolute Gasteiger partial charge is 0.338 e. The Kier molecular flexibility index (Phi) is 7.62. The Balaban J connectivity index is 2.03. The predicted octanol–water partition coefficient (Wildman–Crippen LogP) is 4.89. The van der Waals surface area contributed by atoms with Gasteiger partial charge in [-0.2, -0.15) is 0 Å². The lowest BCUT2D eigenvalue weighted by atomic mass is 10.00. The second kappa shape index (κ2) is 10.2. The summed E-state index contributed by atoms with van der Waals surface area (Å²) in [5.74, 6) is 0.0306. The van der Waals surface area contributed by atoms with Crippen LogP contribution < -0.4 is 0 Å². The van der Waals surface area contributed by atoms with E-state index in [2.05, 4.69) is 5.16 Å². The lowest BCUT2D eigenvalue weighted by molar-refractivity contribution is -0.133. The van der Waals surface area contributed by atoms with Gasteiger partial charge in [0.15, 0.2) is 0 Å². The molecule has 2 aromatic rings. The van der Waals surface area contributed by atoms with Crippen LogP contribution in [0.15, 0.2) is 65.8 Å². The van der Waals surface area contributed by atoms with Gasteiger partial charge in [-0.3, -0.25) is 0 Å². The molecule has 2 aromatic carbocycles. The van der Waals surface area contributed by atoms with Crippen molar-refractivity contribution < 1.29 is 19.1 Å². The summed E-state index contributed by atoms with van der Waals surface area (Å²) in [6, 6.07) is 17.4. The van der Waals surface area contributed by atoms with Crippen LogP contribution in [0.5, 0.6) is 0 Å². The summed E-state index contributed by atoms with van der Waals surface area (Å²) in [4.78, 5) is 17.5. The van der Waals surface area contributed by atoms with Crippen LogP contribution in [0.2, 0.25) is 0 Å². The molecule has 0 saturated heterocycles. The molecular weight excluding hydrogens is 342 g/mol. The second-order valence-corrected chi connectivity index (χ2v) is 5.91. The van der Waals surface area contributed by atoms with Crippen molar-refractivity contribution in [3.63, 3.8) is 0 Å². The Hall–Kier alpha value is -3.08. The number of carbonyl (C=O) groups is 1. The molecule has 0 amide bonds. The van der Waals surface area contributed by atoms with Gasteiger partial charge in [-0.05, 0) is 30.5 Å². The number of methoxy groups -OCH3 is 1. The highest BCUT2D eigenvalue weighted by Gasteiger charge is 2.15. The van der Waals surface area contributed by atoms with Gasteiger partial charge in [0, 0.05) is 6.92 Å². The number of carbonyl (C=O) groups excluding carboxylic acids is 1. The maximum atomic E-state index is 12.0. The van der Waals surface area contributed by atoms with Gasteiger partial charge < -0.3 is 14.3 Å². The van der Waals surface area contributed by atoms with Crippen LogP contribution in [-0.2, 0) is 25.7 Å². The average molecular weight is 367 g/mol. The van der Waals surface area contributed by atoms with Crippen molar-refractivity contribution >= 4 is 17.4 Å². The molecule has 0 aliphatic heterocycles. The van der Waals surface area contributed by atoms with Crippen LogP contribution in [0.1, 0.15) is 43.6 Å². The van der Waals surface area contributed by atoms with Crippen molar-refractivity contribution in [2.45, 2.75) is 33.5 Å². The minimum absolute atomic E-state index is 0.175. The molecule has 0 radical (unpaired) electrons. The molecule has 0 aromatic heterocycles. The summed E-state index contributed by atoms with van der Waals surface area (Å²) in [5.41, 5.74) is 3.18. The molecule has 142 valence electrons. The van der Waals surface area contributed by atoms with E-state index >= 15 is 0 Å². The molecule has 1 atom stereocenters. The van der Waals surface area contributed by atoms with E-state index in [9.17, 15) is 4.79 Å². The molecule has 0 saturated carbocycles. The number of rotatable bonds is 7. The number of hydrogen-bond donors (Lipinski definition) is 0. The lowest BCUT2D eigenvalue weighted by Crippen LogP contribution is -2.08. The maximum absolute atomic E-state index is 12.0. The summed E-state index contributed by atoms with van der Waals surface area (Å²) in [5, 5.41) is 4.05. The van der Waals surface area contributed by atoms with Gasteiger partial charge in [0.05, 0.1) is 12.7 Å². The van der Waals surface area contributed by atoms with Crippen LogP contribution in [0, 0.1) is 0 Å². The van der Waals surface area contributed by atoms with Gasteiger partial charge in [0.2, 0.25) is 5.90 Å². The Labute approximate surface area is 160 Å². The average Bonchev–Trinajstić information content (AvgIpc) is 2.72. The number of benzene rings is 2. The van der Waals surface area contributed by atoms with Gasteiger partial charge in [0.25, 0.3) is 0 Å². The number of esters is 1. The number of hydrogen-bond acceptors (Lipinski definition) is 5. The Morgan fingerprint density at radius 3 is 2.44 bits per heavy atom. The zero-order valence-electron chi connectivity index (χ0n) is 16.1. The lowest BCUT2D eigenvalue weighted by Gasteiger charge is -2.13. The van der Waals surface area contributed by atoms with E-state index < -0.39 is 0 Å². The van der Waals surface area contributed by atoms with E-state index in [1.165, 1.54) is 7.11 Å². The molecule has 0 bridgehead atoms. The quantitative estimate of drug-likeness (QED) is 0.230. The molecule has 1 unspecified atom stereocenters. The highest BCUT2D eigenvalue weighted by molar-refractivity contribution is 6.16. The standard InChI is InChI=1S/C22H25NO4/c1-5-20(22(24)25-4)21-14-10-9-13-19(21)15-26-17(3)23-27-16(2)18-11-7-6-8-12-18/h5-14,16H,15H2,1-4H3/b20-5+,23-17-. The third kappa shape index (κ3) is 5.71. The third-order valence-corrected chi connectivity index (χ3v) is 4.05. The molecule has 0 spiro atoms. The van der Waals surface area contributed by atoms with Gasteiger partial charge in [-0.1, -0.05) is 65.8 Å². The Morgan fingerprint density at radius 1 is 1.11 bits per heavy atom. The fraction of sp³-hybridized carbons (Fsp3) is 0.273. The van der Waals surface area contributed by atoms with Crippen molar-refractivity contribution in [2.75, 3.05) is 7.11 Å². The number of oxime groups is 1. The summed E-state index contributed by atoms with van der Waals surface area (Å²) in [6.45, 7) is 5.73. The normalized spacial score (nSPS) is 13.0. The first kappa shape index (κ1) is 20.2. The zero-order chi connectivity index (χ0) is 19.6. The van der Waals surface area contributed by atoms with Crippen LogP contribution in [0.3, 0.4) is 0 Å². The van der Waals surface area contributed by atoms with Gasteiger partial charge in [-0.15, -0.1) is 0 Å². The topological polar surface area (TPSA) is 57.1 Å². The SMILES string of the molecule is C/C=C(/C(=O)OC)c1ccccc1CO/C(C)=N\OC(C)c1ccccc1. The Bertz CT molecular complexity index is 812. The van der Waals surface area contributed by atoms with Gasteiger partial charge in [0.1, 0.15) is 12.7 Å². The highest BCUT2D eigenvalue weighted by atomic mass is 16.7. The highest BCUT2D eigenvalue weighted by Crippen LogP contribution is 2.22. The molecule has 2 rings (SSSR count). The summed E-state index contributed by atoms with van der Waals surface area (Å²) >= 11 is 0. The van der Waals surface area contributed by atoms with E-state index in [-0.39, 0.29) is 18.7 Å². The van der Waals surface area contributed by atoms with Gasteiger partial charge >= 0.3 is 5.97 Å². The molecule has 5 nitrogen and oxygen atoms in total. The fourth-order valence-corrected chi connectivity index (χ4v) is 2.55. The van der Waals surface area contributed by atoms with E-state index in [1.807, 2.05) is 61.5 Å². The van der Waals surface area contributed by atoms with E-state index in [0.29, 0.717) is 11.5 Å². The number of allylic oxidation sites excluding steroid dienone is 1. The number of nitrogens with zero attached hydrogens (tertiary/aromatic N) is 1. The zero-order valence-corrected chi connectivity index (χ0v) is 16.1. The van der Waals surface area contributed by atoms with Crippen molar-refractivity contribution in [1.29, 1.82) is 0 Å². The first-order valence-electron chi connectivity index (χ1n) is 8.77. The van der Waals surface area contributed by atoms with Crippen LogP contribution >= 0.6 is 0 Å². The fourth-order valence-electron chi connectivity index (χ4n) is 2.55. The van der Waals surface area contributed by atoms with Gasteiger partial charge in [-0.25, -0.2) is 4.79 Å². The van der Waals surface area contributed by atoms with E-state index in [1.54, 1.807) is 19.9 Å². The van der Waals surface area contributed by atoms with E-state index in [4.69, 9.17) is 14.3 Å². The minimum Gasteiger partial charge on any atom is -0.474 e. The molecule has 0 N–H and O–H groups in total. The first-order chi connectivity index (χ1) is 13.1. The predicted molar refractivity (Wildman–Crippen MR) is 106 cm³/mol. The maximum Gasteiger partial charge on any atom is 0.338 e. The molecule has 0 aliphatic carbocycles. The molecule has 0 fully saturated rings. The molecule has 27 heavy (non-hydrogen) atoms. The third-order valence-electron chi connectivity index (χ3n) is 4.05. The van der Waals surface area contributed by atoms with Crippen LogP contribution in [0.4, 0.5) is 0 Å². The van der Waals surface area contributed by atoms with E-state index in [0.717, 1.165) is 16.7 Å². The molecule has 0 heterocycles. The summed E-state index contributed by atoms with van der Waals surface area (Å²) in [7, 11) is 1.37. The largest absolute Gasteiger partial charge is 0.474 e. The van der Waals surface area contributed by atoms with Crippen LogP contribution in [0.25, 0.3) is 5.57 Å². The van der Waals surface area contributed by atoms with Crippen LogP contribution in [-0.4, -0.2) is 19.0 Å². The monoisotopic (exact) mass is 367 g/mol. The summed E-state index contributed by atoms with van der Waals surface area (Å²) in [6.07, 6.45) is 1.56. The Morgan fingerprint density at radius 2 is 1.78 bits per heavy atom. The van der Waals surface area contributed by atoms with Crippen molar-refractivity contribution in [2.24, 2.45) is 5.16 Å².